The van der Waals surface area contributed by atoms with E-state index in [0.717, 1.165) is 10.8 Å². The molecule has 0 saturated heterocycles. The Balaban J connectivity index is 1.50. The van der Waals surface area contributed by atoms with Gasteiger partial charge in [-0.05, 0) is 12.1 Å². The van der Waals surface area contributed by atoms with E-state index in [1.807, 2.05) is 29.6 Å². The van der Waals surface area contributed by atoms with Crippen molar-refractivity contribution in [1.82, 2.24) is 15.0 Å². The summed E-state index contributed by atoms with van der Waals surface area (Å²) in [5.74, 6) is -0.824. The molecular formula is C21H16N4O4S. The molecule has 150 valence electrons. The number of fused-ring (bicyclic) bond motifs is 1. The number of aliphatic carboxylic acids is 1. The zero-order valence-electron chi connectivity index (χ0n) is 15.6. The third-order valence-electron chi connectivity index (χ3n) is 4.19. The summed E-state index contributed by atoms with van der Waals surface area (Å²) in [6.07, 6.45) is 4.93. The molecule has 0 aliphatic carbocycles. The number of hydrogen-bond acceptors (Lipinski definition) is 7. The summed E-state index contributed by atoms with van der Waals surface area (Å²) >= 11 is 1.41. The largest absolute Gasteiger partial charge is 0.481 e. The first-order valence-electron chi connectivity index (χ1n) is 8.97. The molecule has 0 atom stereocenters. The van der Waals surface area contributed by atoms with Crippen molar-refractivity contribution in [1.29, 1.82) is 0 Å². The van der Waals surface area contributed by atoms with Crippen LogP contribution < -0.4 is 10.1 Å². The molecule has 30 heavy (non-hydrogen) atoms. The summed E-state index contributed by atoms with van der Waals surface area (Å²) in [6, 6.07) is 10.7. The average molecular weight is 420 g/mol. The Morgan fingerprint density at radius 3 is 2.70 bits per heavy atom. The Morgan fingerprint density at radius 1 is 1.10 bits per heavy atom. The number of amides is 1. The monoisotopic (exact) mass is 420 g/mol. The fourth-order valence-corrected chi connectivity index (χ4v) is 3.70. The number of rotatable bonds is 7. The summed E-state index contributed by atoms with van der Waals surface area (Å²) in [4.78, 5) is 36.1. The molecule has 0 fully saturated rings. The molecular weight excluding hydrogens is 404 g/mol. The molecule has 0 unspecified atom stereocenters. The molecule has 0 bridgehead atoms. The van der Waals surface area contributed by atoms with Gasteiger partial charge in [0, 0.05) is 34.2 Å². The molecule has 2 aromatic heterocycles. The van der Waals surface area contributed by atoms with Crippen LogP contribution >= 0.6 is 11.3 Å². The van der Waals surface area contributed by atoms with Gasteiger partial charge in [-0.1, -0.05) is 24.3 Å². The van der Waals surface area contributed by atoms with Gasteiger partial charge in [-0.2, -0.15) is 0 Å². The van der Waals surface area contributed by atoms with Crippen molar-refractivity contribution in [3.8, 4) is 16.5 Å². The Kier molecular flexibility index (Phi) is 5.62. The third-order valence-corrected chi connectivity index (χ3v) is 5.10. The van der Waals surface area contributed by atoms with Gasteiger partial charge in [0.05, 0.1) is 18.3 Å². The van der Waals surface area contributed by atoms with Gasteiger partial charge >= 0.3 is 5.97 Å². The van der Waals surface area contributed by atoms with E-state index in [2.05, 4.69) is 20.3 Å². The van der Waals surface area contributed by atoms with Crippen molar-refractivity contribution in [3.05, 3.63) is 66.1 Å². The summed E-state index contributed by atoms with van der Waals surface area (Å²) in [5.41, 5.74) is 1.92. The van der Waals surface area contributed by atoms with Gasteiger partial charge in [0.2, 0.25) is 5.91 Å². The van der Waals surface area contributed by atoms with Crippen LogP contribution in [0.4, 0.5) is 5.69 Å². The number of carboxylic acids is 1. The van der Waals surface area contributed by atoms with Crippen LogP contribution in [0.1, 0.15) is 5.69 Å². The Bertz CT molecular complexity index is 1210. The third kappa shape index (κ3) is 4.41. The molecule has 4 rings (SSSR count). The van der Waals surface area contributed by atoms with E-state index in [0.29, 0.717) is 27.8 Å². The number of carbonyl (C=O) groups excluding carboxylic acids is 1. The van der Waals surface area contributed by atoms with Crippen molar-refractivity contribution in [3.63, 3.8) is 0 Å². The summed E-state index contributed by atoms with van der Waals surface area (Å²) < 4.78 is 5.35. The zero-order chi connectivity index (χ0) is 20.9. The van der Waals surface area contributed by atoms with Gasteiger partial charge < -0.3 is 15.2 Å². The number of ether oxygens (including phenoxy) is 1. The SMILES string of the molecule is O=C(O)COc1ccc(NC(=O)Cc2csc(-c3cnccn3)n2)c2ccccc12. The van der Waals surface area contributed by atoms with Crippen molar-refractivity contribution >= 4 is 39.7 Å². The predicted octanol–water partition coefficient (Wildman–Crippen LogP) is 3.40. The van der Waals surface area contributed by atoms with Crippen LogP contribution in [-0.2, 0) is 16.0 Å². The molecule has 0 aliphatic rings. The van der Waals surface area contributed by atoms with Crippen LogP contribution in [0.15, 0.2) is 60.4 Å². The average Bonchev–Trinajstić information content (AvgIpc) is 3.22. The van der Waals surface area contributed by atoms with Crippen molar-refractivity contribution in [2.45, 2.75) is 6.42 Å². The standard InChI is InChI=1S/C21H16N4O4S/c26-19(9-13-12-30-21(24-13)17-10-22-7-8-23-17)25-16-5-6-18(29-11-20(27)28)15-4-2-1-3-14(15)16/h1-8,10,12H,9,11H2,(H,25,26)(H,27,28). The van der Waals surface area contributed by atoms with Gasteiger partial charge in [0.1, 0.15) is 16.5 Å². The fraction of sp³-hybridized carbons (Fsp3) is 0.0952. The number of aromatic nitrogens is 3. The molecule has 9 heteroatoms. The van der Waals surface area contributed by atoms with E-state index >= 15 is 0 Å². The van der Waals surface area contributed by atoms with Crippen LogP contribution in [-0.4, -0.2) is 38.5 Å². The number of nitrogens with one attached hydrogen (secondary N) is 1. The number of thiazole rings is 1. The molecule has 4 aromatic rings. The maximum absolute atomic E-state index is 12.6. The lowest BCUT2D eigenvalue weighted by molar-refractivity contribution is -0.139. The van der Waals surface area contributed by atoms with Gasteiger partial charge in [-0.15, -0.1) is 11.3 Å². The maximum Gasteiger partial charge on any atom is 0.341 e. The molecule has 0 aliphatic heterocycles. The van der Waals surface area contributed by atoms with E-state index in [-0.39, 0.29) is 12.3 Å². The van der Waals surface area contributed by atoms with E-state index < -0.39 is 12.6 Å². The number of benzene rings is 2. The minimum Gasteiger partial charge on any atom is -0.481 e. The minimum absolute atomic E-state index is 0.113. The first-order chi connectivity index (χ1) is 14.6. The molecule has 2 heterocycles. The normalized spacial score (nSPS) is 10.7. The van der Waals surface area contributed by atoms with E-state index in [1.54, 1.807) is 30.7 Å². The maximum atomic E-state index is 12.6. The second kappa shape index (κ2) is 8.66. The highest BCUT2D eigenvalue weighted by molar-refractivity contribution is 7.13. The highest BCUT2D eigenvalue weighted by atomic mass is 32.1. The molecule has 8 nitrogen and oxygen atoms in total. The predicted molar refractivity (Wildman–Crippen MR) is 113 cm³/mol. The van der Waals surface area contributed by atoms with E-state index in [4.69, 9.17) is 9.84 Å². The quantitative estimate of drug-likeness (QED) is 0.471. The number of anilines is 1. The number of hydrogen-bond donors (Lipinski definition) is 2. The molecule has 0 radical (unpaired) electrons. The Labute approximate surface area is 175 Å². The topological polar surface area (TPSA) is 114 Å². The molecule has 0 saturated carbocycles. The van der Waals surface area contributed by atoms with Crippen molar-refractivity contribution in [2.75, 3.05) is 11.9 Å². The molecule has 1 amide bonds. The van der Waals surface area contributed by atoms with Gasteiger partial charge in [0.25, 0.3) is 0 Å². The van der Waals surface area contributed by atoms with E-state index in [9.17, 15) is 9.59 Å². The zero-order valence-corrected chi connectivity index (χ0v) is 16.4. The molecule has 2 aromatic carbocycles. The summed E-state index contributed by atoms with van der Waals surface area (Å²) in [5, 5.41) is 15.7. The summed E-state index contributed by atoms with van der Waals surface area (Å²) in [7, 11) is 0. The van der Waals surface area contributed by atoms with Crippen LogP contribution in [0.25, 0.3) is 21.5 Å². The highest BCUT2D eigenvalue weighted by Crippen LogP contribution is 2.32. The van der Waals surface area contributed by atoms with Crippen LogP contribution in [0.3, 0.4) is 0 Å². The Hall–Kier alpha value is -3.85. The lowest BCUT2D eigenvalue weighted by Gasteiger charge is -2.12. The first-order valence-corrected chi connectivity index (χ1v) is 9.85. The van der Waals surface area contributed by atoms with Gasteiger partial charge in [-0.3, -0.25) is 14.8 Å². The van der Waals surface area contributed by atoms with Gasteiger partial charge in [-0.25, -0.2) is 9.78 Å². The molecule has 0 spiro atoms. The van der Waals surface area contributed by atoms with E-state index in [1.165, 1.54) is 11.3 Å². The second-order valence-electron chi connectivity index (χ2n) is 6.30. The van der Waals surface area contributed by atoms with Crippen molar-refractivity contribution < 1.29 is 19.4 Å². The minimum atomic E-state index is -1.06. The molecule has 2 N–H and O–H groups in total. The lowest BCUT2D eigenvalue weighted by Crippen LogP contribution is -2.15. The number of carbonyl (C=O) groups is 2. The summed E-state index contributed by atoms with van der Waals surface area (Å²) in [6.45, 7) is -0.437. The fourth-order valence-electron chi connectivity index (χ4n) is 2.92. The highest BCUT2D eigenvalue weighted by Gasteiger charge is 2.13. The number of carboxylic acid groups (broad SMARTS) is 1. The van der Waals surface area contributed by atoms with Crippen LogP contribution in [0, 0.1) is 0 Å². The number of nitrogens with zero attached hydrogens (tertiary/aromatic N) is 3. The Morgan fingerprint density at radius 2 is 1.93 bits per heavy atom. The van der Waals surface area contributed by atoms with Crippen LogP contribution in [0.5, 0.6) is 5.75 Å². The van der Waals surface area contributed by atoms with Gasteiger partial charge in [0.15, 0.2) is 6.61 Å². The lowest BCUT2D eigenvalue weighted by atomic mass is 10.1. The smallest absolute Gasteiger partial charge is 0.341 e. The van der Waals surface area contributed by atoms with Crippen LogP contribution in [0.2, 0.25) is 0 Å². The first kappa shape index (κ1) is 19.5. The van der Waals surface area contributed by atoms with Crippen molar-refractivity contribution in [2.24, 2.45) is 0 Å². The second-order valence-corrected chi connectivity index (χ2v) is 7.16.